The fourth-order valence-corrected chi connectivity index (χ4v) is 2.05. The summed E-state index contributed by atoms with van der Waals surface area (Å²) in [6.07, 6.45) is 4.23. The maximum absolute atomic E-state index is 11.5. The van der Waals surface area contributed by atoms with Crippen LogP contribution in [0.25, 0.3) is 0 Å². The molecular formula is C16H24O3. The van der Waals surface area contributed by atoms with Crippen molar-refractivity contribution in [3.8, 4) is 5.75 Å². The van der Waals surface area contributed by atoms with Crippen LogP contribution < -0.4 is 0 Å². The molecule has 0 aliphatic rings. The molecule has 0 bridgehead atoms. The van der Waals surface area contributed by atoms with Gasteiger partial charge in [0, 0.05) is 6.42 Å². The second-order valence-corrected chi connectivity index (χ2v) is 5.01. The van der Waals surface area contributed by atoms with Gasteiger partial charge in [-0.3, -0.25) is 4.79 Å². The van der Waals surface area contributed by atoms with Gasteiger partial charge in [-0.15, -0.1) is 0 Å². The van der Waals surface area contributed by atoms with Gasteiger partial charge in [0.05, 0.1) is 6.61 Å². The monoisotopic (exact) mass is 264 g/mol. The molecule has 1 N–H and O–H groups in total. The zero-order valence-corrected chi connectivity index (χ0v) is 12.2. The highest BCUT2D eigenvalue weighted by Crippen LogP contribution is 2.23. The van der Waals surface area contributed by atoms with Gasteiger partial charge in [-0.05, 0) is 43.4 Å². The molecular weight excluding hydrogens is 240 g/mol. The third-order valence-electron chi connectivity index (χ3n) is 3.18. The maximum Gasteiger partial charge on any atom is 0.306 e. The predicted octanol–water partition coefficient (Wildman–Crippen LogP) is 3.68. The van der Waals surface area contributed by atoms with Gasteiger partial charge in [0.15, 0.2) is 0 Å². The van der Waals surface area contributed by atoms with Crippen molar-refractivity contribution in [2.45, 2.75) is 52.9 Å². The molecule has 0 atom stereocenters. The van der Waals surface area contributed by atoms with E-state index in [-0.39, 0.29) is 5.97 Å². The minimum atomic E-state index is -0.139. The Bertz CT molecular complexity index is 401. The van der Waals surface area contributed by atoms with Crippen LogP contribution in [0.5, 0.6) is 5.75 Å². The lowest BCUT2D eigenvalue weighted by atomic mass is 10.0. The summed E-state index contributed by atoms with van der Waals surface area (Å²) in [4.78, 5) is 11.5. The number of rotatable bonds is 7. The van der Waals surface area contributed by atoms with Gasteiger partial charge in [-0.2, -0.15) is 0 Å². The van der Waals surface area contributed by atoms with Crippen molar-refractivity contribution in [2.24, 2.45) is 0 Å². The van der Waals surface area contributed by atoms with E-state index < -0.39 is 0 Å². The van der Waals surface area contributed by atoms with Crippen LogP contribution in [-0.4, -0.2) is 17.7 Å². The summed E-state index contributed by atoms with van der Waals surface area (Å²) in [5.41, 5.74) is 2.77. The number of phenolic OH excluding ortho intramolecular Hbond substituents is 1. The van der Waals surface area contributed by atoms with Crippen LogP contribution >= 0.6 is 0 Å². The van der Waals surface area contributed by atoms with Crippen LogP contribution in [0.2, 0.25) is 0 Å². The van der Waals surface area contributed by atoms with E-state index in [9.17, 15) is 9.90 Å². The Balaban J connectivity index is 2.38. The first-order valence-electron chi connectivity index (χ1n) is 6.99. The molecule has 1 aromatic rings. The number of carbonyl (C=O) groups excluding carboxylic acids is 1. The Morgan fingerprint density at radius 2 is 1.84 bits per heavy atom. The van der Waals surface area contributed by atoms with Crippen LogP contribution in [-0.2, 0) is 16.0 Å². The van der Waals surface area contributed by atoms with Crippen LogP contribution in [0.1, 0.15) is 49.3 Å². The highest BCUT2D eigenvalue weighted by atomic mass is 16.5. The summed E-state index contributed by atoms with van der Waals surface area (Å²) >= 11 is 0. The minimum absolute atomic E-state index is 0.139. The Morgan fingerprint density at radius 3 is 2.42 bits per heavy atom. The van der Waals surface area contributed by atoms with E-state index >= 15 is 0 Å². The fraction of sp³-hybridized carbons (Fsp3) is 0.562. The molecule has 1 rings (SSSR count). The first kappa shape index (κ1) is 15.5. The summed E-state index contributed by atoms with van der Waals surface area (Å²) < 4.78 is 5.16. The number of carbonyl (C=O) groups is 1. The second-order valence-electron chi connectivity index (χ2n) is 5.01. The van der Waals surface area contributed by atoms with Crippen molar-refractivity contribution in [3.05, 3.63) is 28.8 Å². The normalized spacial score (nSPS) is 10.5. The van der Waals surface area contributed by atoms with E-state index in [1.54, 1.807) is 0 Å². The summed E-state index contributed by atoms with van der Waals surface area (Å²) in [5, 5.41) is 9.68. The van der Waals surface area contributed by atoms with Gasteiger partial charge < -0.3 is 9.84 Å². The number of aromatic hydroxyl groups is 1. The topological polar surface area (TPSA) is 46.5 Å². The Hall–Kier alpha value is -1.51. The van der Waals surface area contributed by atoms with E-state index in [1.807, 2.05) is 26.0 Å². The molecule has 0 aromatic heterocycles. The van der Waals surface area contributed by atoms with E-state index in [1.165, 1.54) is 0 Å². The zero-order valence-electron chi connectivity index (χ0n) is 12.2. The Morgan fingerprint density at radius 1 is 1.21 bits per heavy atom. The molecule has 0 fully saturated rings. The first-order valence-corrected chi connectivity index (χ1v) is 6.99. The molecule has 0 heterocycles. The van der Waals surface area contributed by atoms with Gasteiger partial charge in [0.2, 0.25) is 0 Å². The molecule has 0 unspecified atom stereocenters. The number of hydrogen-bond acceptors (Lipinski definition) is 3. The van der Waals surface area contributed by atoms with Crippen LogP contribution in [0.4, 0.5) is 0 Å². The van der Waals surface area contributed by atoms with E-state index in [4.69, 9.17) is 4.74 Å². The highest BCUT2D eigenvalue weighted by Gasteiger charge is 2.07. The molecule has 3 heteroatoms. The average molecular weight is 264 g/mol. The molecule has 0 saturated carbocycles. The van der Waals surface area contributed by atoms with Crippen LogP contribution in [0, 0.1) is 13.8 Å². The maximum atomic E-state index is 11.5. The molecule has 0 amide bonds. The van der Waals surface area contributed by atoms with E-state index in [0.717, 1.165) is 36.0 Å². The highest BCUT2D eigenvalue weighted by molar-refractivity contribution is 5.69. The lowest BCUT2D eigenvalue weighted by Gasteiger charge is -2.08. The Kier molecular flexibility index (Phi) is 6.40. The Labute approximate surface area is 115 Å². The number of phenols is 1. The molecule has 0 spiro atoms. The predicted molar refractivity (Wildman–Crippen MR) is 76.4 cm³/mol. The quantitative estimate of drug-likeness (QED) is 0.603. The molecule has 0 saturated heterocycles. The van der Waals surface area contributed by atoms with Gasteiger partial charge in [-0.25, -0.2) is 0 Å². The molecule has 0 radical (unpaired) electrons. The minimum Gasteiger partial charge on any atom is -0.507 e. The largest absolute Gasteiger partial charge is 0.507 e. The molecule has 0 aliphatic carbocycles. The van der Waals surface area contributed by atoms with E-state index in [2.05, 4.69) is 6.92 Å². The zero-order chi connectivity index (χ0) is 14.3. The van der Waals surface area contributed by atoms with Crippen molar-refractivity contribution in [2.75, 3.05) is 6.61 Å². The number of ether oxygens (including phenoxy) is 1. The number of hydrogen-bond donors (Lipinski definition) is 1. The lowest BCUT2D eigenvalue weighted by Crippen LogP contribution is -2.07. The number of esters is 1. The third kappa shape index (κ3) is 5.33. The molecule has 0 aliphatic heterocycles. The van der Waals surface area contributed by atoms with Crippen LogP contribution in [0.15, 0.2) is 12.1 Å². The molecule has 3 nitrogen and oxygen atoms in total. The summed E-state index contributed by atoms with van der Waals surface area (Å²) in [5.74, 6) is 0.199. The lowest BCUT2D eigenvalue weighted by molar-refractivity contribution is -0.143. The van der Waals surface area contributed by atoms with Crippen LogP contribution in [0.3, 0.4) is 0 Å². The van der Waals surface area contributed by atoms with E-state index in [0.29, 0.717) is 25.2 Å². The van der Waals surface area contributed by atoms with Crippen molar-refractivity contribution in [3.63, 3.8) is 0 Å². The van der Waals surface area contributed by atoms with Gasteiger partial charge in [-0.1, -0.05) is 31.9 Å². The second kappa shape index (κ2) is 7.82. The summed E-state index contributed by atoms with van der Waals surface area (Å²) in [6.45, 7) is 6.39. The number of aryl methyl sites for hydroxylation is 3. The summed E-state index contributed by atoms with van der Waals surface area (Å²) in [6, 6.07) is 3.85. The number of benzene rings is 1. The van der Waals surface area contributed by atoms with Crippen molar-refractivity contribution < 1.29 is 14.6 Å². The SMILES string of the molecule is CCCCCOC(=O)CCc1cc(C)c(O)c(C)c1. The fourth-order valence-electron chi connectivity index (χ4n) is 2.05. The van der Waals surface area contributed by atoms with Gasteiger partial charge in [0.25, 0.3) is 0 Å². The first-order chi connectivity index (χ1) is 9.04. The van der Waals surface area contributed by atoms with Crippen molar-refractivity contribution >= 4 is 5.97 Å². The smallest absolute Gasteiger partial charge is 0.306 e. The standard InChI is InChI=1S/C16H24O3/c1-4-5-6-9-19-15(17)8-7-14-10-12(2)16(18)13(3)11-14/h10-11,18H,4-9H2,1-3H3. The average Bonchev–Trinajstić information content (AvgIpc) is 2.38. The molecule has 1 aromatic carbocycles. The van der Waals surface area contributed by atoms with Crippen molar-refractivity contribution in [1.29, 1.82) is 0 Å². The van der Waals surface area contributed by atoms with Crippen molar-refractivity contribution in [1.82, 2.24) is 0 Å². The molecule has 19 heavy (non-hydrogen) atoms. The molecule has 106 valence electrons. The summed E-state index contributed by atoms with van der Waals surface area (Å²) in [7, 11) is 0. The van der Waals surface area contributed by atoms with Gasteiger partial charge in [0.1, 0.15) is 5.75 Å². The van der Waals surface area contributed by atoms with Gasteiger partial charge >= 0.3 is 5.97 Å². The number of unbranched alkanes of at least 4 members (excludes halogenated alkanes) is 2. The third-order valence-corrected chi connectivity index (χ3v) is 3.18.